The molecule has 0 saturated carbocycles. The van der Waals surface area contributed by atoms with Gasteiger partial charge >= 0.3 is 0 Å². The van der Waals surface area contributed by atoms with E-state index in [1.807, 2.05) is 66.7 Å². The van der Waals surface area contributed by atoms with Crippen LogP contribution in [-0.2, 0) is 0 Å². The molecule has 0 N–H and O–H groups in total. The molecule has 0 radical (unpaired) electrons. The number of nitrogens with zero attached hydrogens (tertiary/aromatic N) is 3. The molecule has 266 valence electrons. The lowest BCUT2D eigenvalue weighted by atomic mass is 10.0. The van der Waals surface area contributed by atoms with Gasteiger partial charge in [-0.05, 0) is 107 Å². The summed E-state index contributed by atoms with van der Waals surface area (Å²) in [5.74, 6) is 0. The number of fused-ring (bicyclic) bond motifs is 9. The Hall–Kier alpha value is -7.62. The lowest BCUT2D eigenvalue weighted by Gasteiger charge is -2.11. The second-order valence-corrected chi connectivity index (χ2v) is 13.5. The Bertz CT molecular complexity index is 4590. The molecule has 9 aromatic carbocycles. The van der Waals surface area contributed by atoms with Crippen LogP contribution < -0.4 is 0 Å². The molecule has 0 aliphatic heterocycles. The number of benzene rings is 9. The average Bonchev–Trinajstić information content (AvgIpc) is 4.16. The number of rotatable bonds is 5. The van der Waals surface area contributed by atoms with Crippen LogP contribution in [0.1, 0.15) is 26.0 Å². The average molecular weight is 745 g/mol. The molecule has 0 spiro atoms. The van der Waals surface area contributed by atoms with Crippen LogP contribution in [0, 0.1) is 0 Å². The number of aromatic nitrogens is 3. The van der Waals surface area contributed by atoms with E-state index >= 15 is 0 Å². The number of para-hydroxylation sites is 4. The summed E-state index contributed by atoms with van der Waals surface area (Å²) in [6.45, 7) is 0. The smallest absolute Gasteiger partial charge is 0.0645 e. The quantitative estimate of drug-likeness (QED) is 0.167. The zero-order valence-electron chi connectivity index (χ0n) is 48.6. The van der Waals surface area contributed by atoms with E-state index in [4.69, 9.17) is 13.7 Å². The summed E-state index contributed by atoms with van der Waals surface area (Å²) in [7, 11) is 0. The summed E-state index contributed by atoms with van der Waals surface area (Å²) in [5.41, 5.74) is 1.48. The molecular weight excluding hydrogens is 691 g/mol. The van der Waals surface area contributed by atoms with Gasteiger partial charge in [-0.2, -0.15) is 0 Å². The van der Waals surface area contributed by atoms with Crippen LogP contribution in [0.2, 0.25) is 0 Å². The minimum Gasteiger partial charge on any atom is -0.309 e. The van der Waals surface area contributed by atoms with Crippen LogP contribution in [0.3, 0.4) is 0 Å². The summed E-state index contributed by atoms with van der Waals surface area (Å²) in [4.78, 5) is 0. The minimum atomic E-state index is -0.723. The molecule has 0 atom stereocenters. The van der Waals surface area contributed by atoms with E-state index in [0.29, 0.717) is 5.69 Å². The van der Waals surface area contributed by atoms with Crippen molar-refractivity contribution in [3.05, 3.63) is 212 Å². The Morgan fingerprint density at radius 3 is 1.47 bits per heavy atom. The van der Waals surface area contributed by atoms with Gasteiger partial charge < -0.3 is 13.7 Å². The van der Waals surface area contributed by atoms with Crippen molar-refractivity contribution < 1.29 is 26.0 Å². The molecule has 12 aromatic rings. The normalized spacial score (nSPS) is 16.5. The largest absolute Gasteiger partial charge is 0.309 e. The van der Waals surface area contributed by atoms with Gasteiger partial charge in [-0.25, -0.2) is 0 Å². The number of hydrogen-bond acceptors (Lipinski definition) is 0. The van der Waals surface area contributed by atoms with Crippen molar-refractivity contribution in [2.45, 2.75) is 0 Å². The van der Waals surface area contributed by atoms with Crippen molar-refractivity contribution in [3.8, 4) is 39.3 Å². The summed E-state index contributed by atoms with van der Waals surface area (Å²) < 4.78 is 177. The zero-order chi connectivity index (χ0) is 54.0. The second kappa shape index (κ2) is 12.5. The first-order valence-electron chi connectivity index (χ1n) is 27.6. The van der Waals surface area contributed by atoms with Gasteiger partial charge in [0.2, 0.25) is 0 Å². The van der Waals surface area contributed by atoms with Crippen molar-refractivity contribution in [1.82, 2.24) is 13.7 Å². The highest BCUT2D eigenvalue weighted by Gasteiger charge is 2.18. The molecule has 57 heavy (non-hydrogen) atoms. The van der Waals surface area contributed by atoms with E-state index in [2.05, 4.69) is 4.57 Å². The molecule has 3 heteroatoms. The third kappa shape index (κ3) is 4.86. The van der Waals surface area contributed by atoms with Gasteiger partial charge in [0.15, 0.2) is 0 Å². The van der Waals surface area contributed by atoms with Gasteiger partial charge in [0, 0.05) is 49.4 Å². The maximum absolute atomic E-state index is 9.99. The van der Waals surface area contributed by atoms with E-state index in [-0.39, 0.29) is 60.4 Å². The van der Waals surface area contributed by atoms with Gasteiger partial charge in [0.05, 0.1) is 59.1 Å². The van der Waals surface area contributed by atoms with Gasteiger partial charge in [-0.1, -0.05) is 127 Å². The molecule has 0 saturated heterocycles. The fourth-order valence-electron chi connectivity index (χ4n) is 7.92. The lowest BCUT2D eigenvalue weighted by molar-refractivity contribution is 1.17. The summed E-state index contributed by atoms with van der Waals surface area (Å²) >= 11 is 0. The Labute approximate surface area is 356 Å². The van der Waals surface area contributed by atoms with Crippen LogP contribution in [0.5, 0.6) is 0 Å². The maximum atomic E-state index is 9.99. The van der Waals surface area contributed by atoms with Crippen LogP contribution in [0.25, 0.3) is 105 Å². The molecule has 0 aliphatic rings. The maximum Gasteiger partial charge on any atom is 0.0645 e. The molecule has 3 heterocycles. The van der Waals surface area contributed by atoms with E-state index in [1.165, 1.54) is 33.4 Å². The molecule has 0 bridgehead atoms. The molecule has 0 fully saturated rings. The first kappa shape index (κ1) is 18.3. The minimum absolute atomic E-state index is 0.101. The van der Waals surface area contributed by atoms with Gasteiger partial charge in [-0.15, -0.1) is 0 Å². The third-order valence-electron chi connectivity index (χ3n) is 10.4. The SMILES string of the molecule is [2H]c1c([2H])c([2H])c(-c2ccc(-n3c4c([2H])c([2H])c([2H])c([2H])c4c4c([2H])c(-c5c([2H])c([2H])c6c(c5[2H])c5c([2H])c([2H])c([2H])c([2H])c5n6-c5ccc6c(c5)c5ccccc5n6-c5ccccc5)c([2H])c([2H])c43)cc2)c([2H])c1[2H]. The van der Waals surface area contributed by atoms with Crippen molar-refractivity contribution >= 4 is 65.4 Å². The van der Waals surface area contributed by atoms with Gasteiger partial charge in [0.25, 0.3) is 0 Å². The Kier molecular flexibility index (Phi) is 4.01. The molecule has 12 rings (SSSR count). The highest BCUT2D eigenvalue weighted by Crippen LogP contribution is 2.40. The van der Waals surface area contributed by atoms with Crippen molar-refractivity contribution in [1.29, 1.82) is 0 Å². The monoisotopic (exact) mass is 744 g/mol. The highest BCUT2D eigenvalue weighted by atomic mass is 15.0. The summed E-state index contributed by atoms with van der Waals surface area (Å²) in [5, 5.41) is 0.741. The predicted octanol–water partition coefficient (Wildman–Crippen LogP) is 14.3. The van der Waals surface area contributed by atoms with Crippen molar-refractivity contribution in [2.24, 2.45) is 0 Å². The molecule has 0 aliphatic carbocycles. The molecule has 0 amide bonds. The lowest BCUT2D eigenvalue weighted by Crippen LogP contribution is -1.95. The fourth-order valence-corrected chi connectivity index (χ4v) is 7.92. The molecule has 3 aromatic heterocycles. The van der Waals surface area contributed by atoms with Crippen LogP contribution in [-0.4, -0.2) is 13.7 Å². The van der Waals surface area contributed by atoms with Crippen LogP contribution >= 0.6 is 0 Å². The predicted molar refractivity (Wildman–Crippen MR) is 240 cm³/mol. The second-order valence-electron chi connectivity index (χ2n) is 13.5. The molecular formula is C54H35N3. The topological polar surface area (TPSA) is 14.8 Å². The van der Waals surface area contributed by atoms with Crippen molar-refractivity contribution in [2.75, 3.05) is 0 Å². The van der Waals surface area contributed by atoms with Crippen molar-refractivity contribution in [3.63, 3.8) is 0 Å². The van der Waals surface area contributed by atoms with E-state index in [1.54, 1.807) is 6.07 Å². The highest BCUT2D eigenvalue weighted by molar-refractivity contribution is 6.14. The Morgan fingerprint density at radius 2 is 0.789 bits per heavy atom. The van der Waals surface area contributed by atoms with E-state index < -0.39 is 126 Å². The van der Waals surface area contributed by atoms with E-state index in [9.17, 15) is 12.3 Å². The number of hydrogen-bond donors (Lipinski definition) is 0. The van der Waals surface area contributed by atoms with Crippen LogP contribution in [0.4, 0.5) is 0 Å². The van der Waals surface area contributed by atoms with E-state index in [0.717, 1.165) is 27.5 Å². The summed E-state index contributed by atoms with van der Waals surface area (Å²) in [6, 6.07) is 17.3. The zero-order valence-corrected chi connectivity index (χ0v) is 29.6. The summed E-state index contributed by atoms with van der Waals surface area (Å²) in [6.07, 6.45) is 0. The first-order valence-corrected chi connectivity index (χ1v) is 18.1. The van der Waals surface area contributed by atoms with Gasteiger partial charge in [0.1, 0.15) is 0 Å². The standard InChI is InChI=1S/C54H35N3/c1-3-13-36(14-4-1)37-23-27-41(28-24-37)56-49-20-10-7-17-43(49)46-33-38(25-30-52(46)56)39-26-31-53-47(34-39)44-18-8-12-22-51(44)57(53)42-29-32-54-48(35-42)45-19-9-11-21-50(45)55(54)40-15-5-2-6-16-40/h1-35H/i1D,3D,4D,7D,8D,10D,12D,13D,14D,17D,18D,20D,22D,25D,26D,30D,31D,33D,34D. The van der Waals surface area contributed by atoms with Gasteiger partial charge in [-0.3, -0.25) is 0 Å². The Morgan fingerprint density at radius 1 is 0.281 bits per heavy atom. The third-order valence-corrected chi connectivity index (χ3v) is 10.4. The fraction of sp³-hybridized carbons (Fsp3) is 0. The molecule has 0 unspecified atom stereocenters. The Balaban J connectivity index is 1.16. The van der Waals surface area contributed by atoms with Crippen LogP contribution in [0.15, 0.2) is 212 Å². The first-order chi connectivity index (χ1) is 36.2. The molecule has 3 nitrogen and oxygen atoms in total.